The van der Waals surface area contributed by atoms with Gasteiger partial charge >= 0.3 is 0 Å². The van der Waals surface area contributed by atoms with E-state index in [1.165, 1.54) is 23.1 Å². The number of aromatic nitrogens is 1. The van der Waals surface area contributed by atoms with Crippen LogP contribution in [0.15, 0.2) is 134 Å². The van der Waals surface area contributed by atoms with Gasteiger partial charge in [0.15, 0.2) is 0 Å². The minimum absolute atomic E-state index is 1.17. The van der Waals surface area contributed by atoms with E-state index in [0.29, 0.717) is 0 Å². The molecule has 0 saturated carbocycles. The number of para-hydroxylation sites is 3. The summed E-state index contributed by atoms with van der Waals surface area (Å²) in [5.74, 6) is 0. The van der Waals surface area contributed by atoms with Crippen LogP contribution in [0.3, 0.4) is 0 Å². The van der Waals surface area contributed by atoms with Crippen molar-refractivity contribution in [2.45, 2.75) is 0 Å². The lowest BCUT2D eigenvalue weighted by molar-refractivity contribution is 1.28. The molecule has 0 bridgehead atoms. The molecule has 0 fully saturated rings. The molecular formula is C26H23N3. The SMILES string of the molecule is C=CC#N.c1ccc(N(c2ccccc2)c2ccccc2)cc1.c1ccncc1. The first-order valence-electron chi connectivity index (χ1n) is 9.17. The van der Waals surface area contributed by atoms with Gasteiger partial charge in [-0.15, -0.1) is 0 Å². The molecule has 0 amide bonds. The number of nitriles is 1. The lowest BCUT2D eigenvalue weighted by Gasteiger charge is -2.25. The van der Waals surface area contributed by atoms with Gasteiger partial charge in [-0.25, -0.2) is 0 Å². The molecule has 3 nitrogen and oxygen atoms in total. The zero-order chi connectivity index (χ0) is 20.6. The quantitative estimate of drug-likeness (QED) is 0.363. The Morgan fingerprint density at radius 2 is 0.931 bits per heavy atom. The Hall–Kier alpha value is -4.16. The van der Waals surface area contributed by atoms with E-state index < -0.39 is 0 Å². The highest BCUT2D eigenvalue weighted by Gasteiger charge is 2.10. The molecule has 0 saturated heterocycles. The molecule has 142 valence electrons. The molecule has 0 unspecified atom stereocenters. The summed E-state index contributed by atoms with van der Waals surface area (Å²) < 4.78 is 0. The molecule has 0 aliphatic rings. The monoisotopic (exact) mass is 377 g/mol. The van der Waals surface area contributed by atoms with Crippen LogP contribution in [-0.2, 0) is 0 Å². The Bertz CT molecular complexity index is 843. The third-order valence-electron chi connectivity index (χ3n) is 3.70. The lowest BCUT2D eigenvalue weighted by Crippen LogP contribution is -2.09. The van der Waals surface area contributed by atoms with Crippen molar-refractivity contribution in [3.05, 3.63) is 134 Å². The smallest absolute Gasteiger partial charge is 0.0905 e. The summed E-state index contributed by atoms with van der Waals surface area (Å²) in [5, 5.41) is 7.51. The molecule has 1 aromatic heterocycles. The average Bonchev–Trinajstić information content (AvgIpc) is 2.83. The van der Waals surface area contributed by atoms with Crippen molar-refractivity contribution in [3.63, 3.8) is 0 Å². The highest BCUT2D eigenvalue weighted by Crippen LogP contribution is 2.33. The van der Waals surface area contributed by atoms with Gasteiger partial charge in [0.1, 0.15) is 0 Å². The second kappa shape index (κ2) is 13.1. The van der Waals surface area contributed by atoms with E-state index >= 15 is 0 Å². The van der Waals surface area contributed by atoms with Crippen LogP contribution < -0.4 is 4.90 Å². The summed E-state index contributed by atoms with van der Waals surface area (Å²) in [6.07, 6.45) is 4.68. The third-order valence-corrected chi connectivity index (χ3v) is 3.70. The molecule has 4 rings (SSSR count). The number of benzene rings is 3. The van der Waals surface area contributed by atoms with Crippen LogP contribution in [0.1, 0.15) is 0 Å². The van der Waals surface area contributed by atoms with Gasteiger partial charge in [-0.2, -0.15) is 5.26 Å². The molecule has 3 aromatic carbocycles. The molecule has 1 heterocycles. The fourth-order valence-electron chi connectivity index (χ4n) is 2.49. The van der Waals surface area contributed by atoms with Gasteiger partial charge in [-0.05, 0) is 48.5 Å². The molecule has 0 atom stereocenters. The Morgan fingerprint density at radius 3 is 1.14 bits per heavy atom. The first kappa shape index (κ1) is 21.1. The maximum atomic E-state index is 7.51. The number of rotatable bonds is 3. The van der Waals surface area contributed by atoms with E-state index in [-0.39, 0.29) is 0 Å². The van der Waals surface area contributed by atoms with E-state index in [2.05, 4.69) is 89.3 Å². The van der Waals surface area contributed by atoms with Crippen LogP contribution in [0.4, 0.5) is 17.1 Å². The van der Waals surface area contributed by atoms with Gasteiger partial charge in [0.2, 0.25) is 0 Å². The Labute approximate surface area is 172 Å². The summed E-state index contributed by atoms with van der Waals surface area (Å²) in [4.78, 5) is 6.03. The predicted molar refractivity (Wildman–Crippen MR) is 121 cm³/mol. The second-order valence-electron chi connectivity index (χ2n) is 5.70. The van der Waals surface area contributed by atoms with Crippen molar-refractivity contribution in [1.29, 1.82) is 5.26 Å². The number of hydrogen-bond acceptors (Lipinski definition) is 3. The third kappa shape index (κ3) is 7.54. The van der Waals surface area contributed by atoms with Gasteiger partial charge in [0.05, 0.1) is 6.07 Å². The van der Waals surface area contributed by atoms with Crippen molar-refractivity contribution in [1.82, 2.24) is 4.98 Å². The standard InChI is InChI=1S/C18H15N.C5H5N.C3H3N/c1-4-10-16(11-5-1)19(17-12-6-2-7-13-17)18-14-8-3-9-15-18;1-2-4-6-5-3-1;1-2-3-4/h1-15H;1-5H;2H,1H2. The summed E-state index contributed by atoms with van der Waals surface area (Å²) >= 11 is 0. The molecular weight excluding hydrogens is 354 g/mol. The largest absolute Gasteiger partial charge is 0.311 e. The molecule has 0 radical (unpaired) electrons. The number of allylic oxidation sites excluding steroid dienone is 1. The highest BCUT2D eigenvalue weighted by molar-refractivity contribution is 5.76. The lowest BCUT2D eigenvalue weighted by atomic mass is 10.2. The summed E-state index contributed by atoms with van der Waals surface area (Å²) in [7, 11) is 0. The van der Waals surface area contributed by atoms with Crippen LogP contribution >= 0.6 is 0 Å². The Kier molecular flexibility index (Phi) is 9.53. The Balaban J connectivity index is 0.000000248. The second-order valence-corrected chi connectivity index (χ2v) is 5.70. The van der Waals surface area contributed by atoms with Gasteiger partial charge < -0.3 is 4.90 Å². The van der Waals surface area contributed by atoms with Crippen LogP contribution in [0, 0.1) is 11.3 Å². The van der Waals surface area contributed by atoms with Gasteiger partial charge in [-0.3, -0.25) is 4.98 Å². The maximum Gasteiger partial charge on any atom is 0.0905 e. The number of anilines is 3. The number of pyridine rings is 1. The van der Waals surface area contributed by atoms with E-state index in [0.717, 1.165) is 0 Å². The first-order chi connectivity index (χ1) is 14.4. The van der Waals surface area contributed by atoms with E-state index in [4.69, 9.17) is 5.26 Å². The van der Waals surface area contributed by atoms with E-state index in [1.807, 2.05) is 36.4 Å². The normalized spacial score (nSPS) is 8.79. The van der Waals surface area contributed by atoms with Crippen LogP contribution in [0.2, 0.25) is 0 Å². The van der Waals surface area contributed by atoms with Gasteiger partial charge in [0, 0.05) is 35.5 Å². The van der Waals surface area contributed by atoms with E-state index in [1.54, 1.807) is 18.5 Å². The molecule has 0 N–H and O–H groups in total. The zero-order valence-corrected chi connectivity index (χ0v) is 16.2. The number of nitrogens with zero attached hydrogens (tertiary/aromatic N) is 3. The molecule has 0 spiro atoms. The van der Waals surface area contributed by atoms with Crippen molar-refractivity contribution in [2.75, 3.05) is 4.90 Å². The molecule has 0 aliphatic heterocycles. The van der Waals surface area contributed by atoms with Crippen molar-refractivity contribution in [2.24, 2.45) is 0 Å². The Morgan fingerprint density at radius 1 is 0.621 bits per heavy atom. The zero-order valence-electron chi connectivity index (χ0n) is 16.2. The van der Waals surface area contributed by atoms with Crippen LogP contribution in [0.25, 0.3) is 0 Å². The van der Waals surface area contributed by atoms with Gasteiger partial charge in [0.25, 0.3) is 0 Å². The minimum Gasteiger partial charge on any atom is -0.311 e. The summed E-state index contributed by atoms with van der Waals surface area (Å²) in [6.45, 7) is 3.12. The molecule has 4 aromatic rings. The van der Waals surface area contributed by atoms with Crippen molar-refractivity contribution >= 4 is 17.1 Å². The average molecular weight is 377 g/mol. The molecule has 0 aliphatic carbocycles. The minimum atomic E-state index is 1.17. The maximum absolute atomic E-state index is 7.51. The summed E-state index contributed by atoms with van der Waals surface area (Å²) in [5.41, 5.74) is 3.50. The number of hydrogen-bond donors (Lipinski definition) is 0. The van der Waals surface area contributed by atoms with E-state index in [9.17, 15) is 0 Å². The summed E-state index contributed by atoms with van der Waals surface area (Å²) in [6, 6.07) is 38.7. The highest BCUT2D eigenvalue weighted by atomic mass is 15.1. The fraction of sp³-hybridized carbons (Fsp3) is 0. The van der Waals surface area contributed by atoms with Crippen LogP contribution in [-0.4, -0.2) is 4.98 Å². The topological polar surface area (TPSA) is 39.9 Å². The van der Waals surface area contributed by atoms with Gasteiger partial charge in [-0.1, -0.05) is 67.2 Å². The first-order valence-corrected chi connectivity index (χ1v) is 9.17. The fourth-order valence-corrected chi connectivity index (χ4v) is 2.49. The van der Waals surface area contributed by atoms with Crippen molar-refractivity contribution in [3.8, 4) is 6.07 Å². The molecule has 29 heavy (non-hydrogen) atoms. The van der Waals surface area contributed by atoms with Crippen molar-refractivity contribution < 1.29 is 0 Å². The predicted octanol–water partition coefficient (Wildman–Crippen LogP) is 6.93. The van der Waals surface area contributed by atoms with Crippen LogP contribution in [0.5, 0.6) is 0 Å². The molecule has 3 heteroatoms.